The molecule has 0 aliphatic heterocycles. The number of anilines is 2. The molecule has 0 bridgehead atoms. The van der Waals surface area contributed by atoms with Gasteiger partial charge in [0.2, 0.25) is 5.91 Å². The monoisotopic (exact) mass is 376 g/mol. The van der Waals surface area contributed by atoms with Crippen molar-refractivity contribution < 1.29 is 17.9 Å². The lowest BCUT2D eigenvalue weighted by atomic mass is 10.2. The molecule has 26 heavy (non-hydrogen) atoms. The van der Waals surface area contributed by atoms with Crippen molar-refractivity contribution in [2.45, 2.75) is 38.0 Å². The molecule has 2 rings (SSSR count). The maximum Gasteiger partial charge on any atom is 0.262 e. The lowest BCUT2D eigenvalue weighted by Gasteiger charge is -2.13. The zero-order valence-electron chi connectivity index (χ0n) is 15.2. The van der Waals surface area contributed by atoms with E-state index in [1.54, 1.807) is 50.4 Å². The van der Waals surface area contributed by atoms with E-state index in [4.69, 9.17) is 4.74 Å². The summed E-state index contributed by atoms with van der Waals surface area (Å²) in [6, 6.07) is 11.5. The summed E-state index contributed by atoms with van der Waals surface area (Å²) in [7, 11) is -2.24. The zero-order chi connectivity index (χ0) is 19.2. The maximum absolute atomic E-state index is 12.7. The highest BCUT2D eigenvalue weighted by Gasteiger charge is 2.18. The van der Waals surface area contributed by atoms with Gasteiger partial charge in [-0.25, -0.2) is 8.42 Å². The van der Waals surface area contributed by atoms with E-state index in [0.29, 0.717) is 29.1 Å². The van der Waals surface area contributed by atoms with Crippen LogP contribution in [0, 0.1) is 6.92 Å². The van der Waals surface area contributed by atoms with Gasteiger partial charge >= 0.3 is 0 Å². The minimum atomic E-state index is -3.78. The molecule has 0 heterocycles. The van der Waals surface area contributed by atoms with Gasteiger partial charge in [0, 0.05) is 17.8 Å². The molecule has 0 aromatic heterocycles. The molecule has 0 aliphatic rings. The van der Waals surface area contributed by atoms with Gasteiger partial charge in [0.25, 0.3) is 10.0 Å². The van der Waals surface area contributed by atoms with Gasteiger partial charge in [-0.05, 0) is 55.3 Å². The number of carbonyl (C=O) groups excluding carboxylic acids is 1. The molecule has 2 N–H and O–H groups in total. The third-order valence-electron chi connectivity index (χ3n) is 3.86. The number of carbonyl (C=O) groups is 1. The number of rotatable bonds is 8. The van der Waals surface area contributed by atoms with Crippen molar-refractivity contribution in [1.29, 1.82) is 0 Å². The Kier molecular flexibility index (Phi) is 6.63. The average Bonchev–Trinajstić information content (AvgIpc) is 2.61. The molecule has 6 nitrogen and oxygen atoms in total. The first kappa shape index (κ1) is 19.8. The summed E-state index contributed by atoms with van der Waals surface area (Å²) in [5.74, 6) is 0.517. The van der Waals surface area contributed by atoms with E-state index < -0.39 is 10.0 Å². The molecule has 2 aromatic carbocycles. The Balaban J connectivity index is 2.21. The SMILES string of the molecule is CCCCC(=O)Nc1ccc(C)c(S(=O)(=O)Nc2ccc(OC)cc2)c1. The highest BCUT2D eigenvalue weighted by Crippen LogP contribution is 2.24. The number of nitrogens with one attached hydrogen (secondary N) is 2. The molecule has 140 valence electrons. The van der Waals surface area contributed by atoms with E-state index in [-0.39, 0.29) is 10.8 Å². The van der Waals surface area contributed by atoms with Crippen molar-refractivity contribution in [3.8, 4) is 5.75 Å². The Bertz CT molecular complexity index is 862. The summed E-state index contributed by atoms with van der Waals surface area (Å²) in [4.78, 5) is 12.0. The molecule has 0 fully saturated rings. The van der Waals surface area contributed by atoms with Crippen molar-refractivity contribution in [1.82, 2.24) is 0 Å². The van der Waals surface area contributed by atoms with Crippen LogP contribution in [0.25, 0.3) is 0 Å². The fourth-order valence-corrected chi connectivity index (χ4v) is 3.73. The molecule has 2 aromatic rings. The molecular weight excluding hydrogens is 352 g/mol. The summed E-state index contributed by atoms with van der Waals surface area (Å²) in [6.45, 7) is 3.72. The quantitative estimate of drug-likeness (QED) is 0.731. The fraction of sp³-hybridized carbons (Fsp3) is 0.316. The molecule has 7 heteroatoms. The van der Waals surface area contributed by atoms with E-state index >= 15 is 0 Å². The second kappa shape index (κ2) is 8.71. The Morgan fingerprint density at radius 1 is 1.08 bits per heavy atom. The summed E-state index contributed by atoms with van der Waals surface area (Å²) < 4.78 is 33.1. The maximum atomic E-state index is 12.7. The van der Waals surface area contributed by atoms with E-state index in [1.165, 1.54) is 6.07 Å². The van der Waals surface area contributed by atoms with Crippen LogP contribution in [0.5, 0.6) is 5.75 Å². The topological polar surface area (TPSA) is 84.5 Å². The Morgan fingerprint density at radius 3 is 2.35 bits per heavy atom. The summed E-state index contributed by atoms with van der Waals surface area (Å²) in [6.07, 6.45) is 2.13. The molecule has 0 spiro atoms. The number of sulfonamides is 1. The van der Waals surface area contributed by atoms with Gasteiger partial charge in [0.15, 0.2) is 0 Å². The first-order valence-corrected chi connectivity index (χ1v) is 9.91. The molecule has 0 unspecified atom stereocenters. The summed E-state index contributed by atoms with van der Waals surface area (Å²) in [5, 5.41) is 2.75. The molecule has 0 radical (unpaired) electrons. The number of hydrogen-bond donors (Lipinski definition) is 2. The predicted molar refractivity (Wildman–Crippen MR) is 103 cm³/mol. The van der Waals surface area contributed by atoms with Crippen LogP contribution >= 0.6 is 0 Å². The third kappa shape index (κ3) is 5.23. The van der Waals surface area contributed by atoms with Crippen LogP contribution in [0.2, 0.25) is 0 Å². The van der Waals surface area contributed by atoms with Crippen molar-refractivity contribution in [2.24, 2.45) is 0 Å². The molecule has 0 saturated heterocycles. The summed E-state index contributed by atoms with van der Waals surface area (Å²) in [5.41, 5.74) is 1.49. The standard InChI is InChI=1S/C19H24N2O4S/c1-4-5-6-19(22)20-16-8-7-14(2)18(13-16)26(23,24)21-15-9-11-17(25-3)12-10-15/h7-13,21H,4-6H2,1-3H3,(H,20,22). The largest absolute Gasteiger partial charge is 0.497 e. The molecule has 0 aliphatic carbocycles. The number of ether oxygens (including phenoxy) is 1. The zero-order valence-corrected chi connectivity index (χ0v) is 16.0. The average molecular weight is 376 g/mol. The van der Waals surface area contributed by atoms with Crippen LogP contribution in [0.4, 0.5) is 11.4 Å². The smallest absolute Gasteiger partial charge is 0.262 e. The minimum Gasteiger partial charge on any atom is -0.497 e. The number of methoxy groups -OCH3 is 1. The Labute approximate surface area is 154 Å². The molecule has 0 atom stereocenters. The van der Waals surface area contributed by atoms with Gasteiger partial charge in [0.1, 0.15) is 5.75 Å². The van der Waals surface area contributed by atoms with Gasteiger partial charge in [-0.2, -0.15) is 0 Å². The number of amides is 1. The van der Waals surface area contributed by atoms with Gasteiger partial charge < -0.3 is 10.1 Å². The van der Waals surface area contributed by atoms with Crippen molar-refractivity contribution in [3.05, 3.63) is 48.0 Å². The van der Waals surface area contributed by atoms with Gasteiger partial charge in [-0.3, -0.25) is 9.52 Å². The normalized spacial score (nSPS) is 11.0. The number of unbranched alkanes of at least 4 members (excludes halogenated alkanes) is 1. The van der Waals surface area contributed by atoms with Crippen molar-refractivity contribution in [2.75, 3.05) is 17.1 Å². The Morgan fingerprint density at radius 2 is 1.73 bits per heavy atom. The highest BCUT2D eigenvalue weighted by atomic mass is 32.2. The second-order valence-electron chi connectivity index (χ2n) is 5.97. The molecule has 0 saturated carbocycles. The van der Waals surface area contributed by atoms with Crippen LogP contribution < -0.4 is 14.8 Å². The summed E-state index contributed by atoms with van der Waals surface area (Å²) >= 11 is 0. The van der Waals surface area contributed by atoms with Crippen LogP contribution in [0.15, 0.2) is 47.4 Å². The Hall–Kier alpha value is -2.54. The van der Waals surface area contributed by atoms with Crippen LogP contribution in [0.3, 0.4) is 0 Å². The minimum absolute atomic E-state index is 0.123. The highest BCUT2D eigenvalue weighted by molar-refractivity contribution is 7.92. The van der Waals surface area contributed by atoms with E-state index in [1.807, 2.05) is 6.92 Å². The first-order valence-electron chi connectivity index (χ1n) is 8.43. The fourth-order valence-electron chi connectivity index (χ4n) is 2.40. The van der Waals surface area contributed by atoms with Crippen LogP contribution in [0.1, 0.15) is 31.7 Å². The van der Waals surface area contributed by atoms with Crippen LogP contribution in [-0.2, 0) is 14.8 Å². The number of hydrogen-bond acceptors (Lipinski definition) is 4. The second-order valence-corrected chi connectivity index (χ2v) is 7.62. The van der Waals surface area contributed by atoms with Gasteiger partial charge in [0.05, 0.1) is 12.0 Å². The first-order chi connectivity index (χ1) is 12.4. The van der Waals surface area contributed by atoms with E-state index in [0.717, 1.165) is 12.8 Å². The lowest BCUT2D eigenvalue weighted by molar-refractivity contribution is -0.116. The van der Waals surface area contributed by atoms with Crippen molar-refractivity contribution >= 4 is 27.3 Å². The molecule has 1 amide bonds. The van der Waals surface area contributed by atoms with E-state index in [2.05, 4.69) is 10.0 Å². The van der Waals surface area contributed by atoms with Gasteiger partial charge in [-0.1, -0.05) is 19.4 Å². The van der Waals surface area contributed by atoms with Gasteiger partial charge in [-0.15, -0.1) is 0 Å². The third-order valence-corrected chi connectivity index (χ3v) is 5.38. The van der Waals surface area contributed by atoms with Crippen molar-refractivity contribution in [3.63, 3.8) is 0 Å². The number of aryl methyl sites for hydroxylation is 1. The van der Waals surface area contributed by atoms with Crippen LogP contribution in [-0.4, -0.2) is 21.4 Å². The lowest BCUT2D eigenvalue weighted by Crippen LogP contribution is -2.16. The molecular formula is C19H24N2O4S. The predicted octanol–water partition coefficient (Wildman–Crippen LogP) is 3.93. The van der Waals surface area contributed by atoms with E-state index in [9.17, 15) is 13.2 Å². The number of benzene rings is 2.